The van der Waals surface area contributed by atoms with E-state index in [-0.39, 0.29) is 6.04 Å². The maximum absolute atomic E-state index is 5.75. The van der Waals surface area contributed by atoms with Gasteiger partial charge in [0.2, 0.25) is 0 Å². The Morgan fingerprint density at radius 1 is 1.59 bits per heavy atom. The van der Waals surface area contributed by atoms with E-state index in [0.29, 0.717) is 5.92 Å². The van der Waals surface area contributed by atoms with Crippen molar-refractivity contribution < 1.29 is 0 Å². The average molecular weight is 236 g/mol. The van der Waals surface area contributed by atoms with Crippen LogP contribution >= 0.6 is 0 Å². The lowest BCUT2D eigenvalue weighted by Gasteiger charge is -2.33. The van der Waals surface area contributed by atoms with Gasteiger partial charge in [0.05, 0.1) is 6.04 Å². The number of aryl methyl sites for hydroxylation is 1. The molecule has 0 spiro atoms. The Kier molecular flexibility index (Phi) is 4.18. The molecule has 1 aromatic rings. The molecule has 3 N–H and O–H groups in total. The smallest absolute Gasteiger partial charge is 0.127 e. The van der Waals surface area contributed by atoms with E-state index in [4.69, 9.17) is 5.84 Å². The maximum Gasteiger partial charge on any atom is 0.127 e. The molecule has 1 saturated carbocycles. The van der Waals surface area contributed by atoms with E-state index in [0.717, 1.165) is 11.7 Å². The largest absolute Gasteiger partial charge is 0.337 e. The zero-order valence-electron chi connectivity index (χ0n) is 10.9. The molecule has 17 heavy (non-hydrogen) atoms. The minimum atomic E-state index is 0.198. The van der Waals surface area contributed by atoms with Crippen LogP contribution in [-0.4, -0.2) is 9.55 Å². The fourth-order valence-electron chi connectivity index (χ4n) is 3.10. The summed E-state index contributed by atoms with van der Waals surface area (Å²) >= 11 is 0. The second-order valence-electron chi connectivity index (χ2n) is 5.24. The van der Waals surface area contributed by atoms with Crippen LogP contribution in [0.5, 0.6) is 0 Å². The van der Waals surface area contributed by atoms with Crippen molar-refractivity contribution in [2.75, 3.05) is 0 Å². The second-order valence-corrected chi connectivity index (χ2v) is 5.24. The van der Waals surface area contributed by atoms with Crippen LogP contribution < -0.4 is 11.3 Å². The first-order valence-corrected chi connectivity index (χ1v) is 6.69. The van der Waals surface area contributed by atoms with Crippen molar-refractivity contribution in [3.8, 4) is 0 Å². The summed E-state index contributed by atoms with van der Waals surface area (Å²) in [7, 11) is 2.03. The maximum atomic E-state index is 5.75. The number of hydrogen-bond donors (Lipinski definition) is 2. The number of nitrogens with zero attached hydrogens (tertiary/aromatic N) is 2. The highest BCUT2D eigenvalue weighted by Gasteiger charge is 2.30. The van der Waals surface area contributed by atoms with Crippen molar-refractivity contribution in [1.82, 2.24) is 15.0 Å². The second kappa shape index (κ2) is 5.65. The molecule has 3 unspecified atom stereocenters. The van der Waals surface area contributed by atoms with Crippen molar-refractivity contribution in [2.24, 2.45) is 24.7 Å². The van der Waals surface area contributed by atoms with Crippen LogP contribution in [0.3, 0.4) is 0 Å². The molecule has 96 valence electrons. The monoisotopic (exact) mass is 236 g/mol. The van der Waals surface area contributed by atoms with Crippen molar-refractivity contribution in [3.63, 3.8) is 0 Å². The lowest BCUT2D eigenvalue weighted by atomic mass is 9.76. The fourth-order valence-corrected chi connectivity index (χ4v) is 3.10. The van der Waals surface area contributed by atoms with Gasteiger partial charge < -0.3 is 4.57 Å². The van der Waals surface area contributed by atoms with Crippen molar-refractivity contribution >= 4 is 0 Å². The lowest BCUT2D eigenvalue weighted by molar-refractivity contribution is 0.203. The average Bonchev–Trinajstić information content (AvgIpc) is 2.77. The standard InChI is InChI=1S/C13H24N4/c1-3-10-5-4-6-11(9-10)12(16-14)13-15-7-8-17(13)2/h7-8,10-12,16H,3-6,9,14H2,1-2H3. The highest BCUT2D eigenvalue weighted by atomic mass is 15.3. The van der Waals surface area contributed by atoms with Crippen molar-refractivity contribution in [1.29, 1.82) is 0 Å². The molecule has 4 nitrogen and oxygen atoms in total. The number of hydrazine groups is 1. The van der Waals surface area contributed by atoms with Gasteiger partial charge in [-0.05, 0) is 24.7 Å². The summed E-state index contributed by atoms with van der Waals surface area (Å²) < 4.78 is 2.07. The normalized spacial score (nSPS) is 27.0. The molecule has 0 aliphatic heterocycles. The number of hydrogen-bond acceptors (Lipinski definition) is 3. The Hall–Kier alpha value is -0.870. The van der Waals surface area contributed by atoms with Gasteiger partial charge in [-0.25, -0.2) is 10.4 Å². The van der Waals surface area contributed by atoms with E-state index in [1.807, 2.05) is 19.4 Å². The molecule has 0 amide bonds. The van der Waals surface area contributed by atoms with E-state index in [1.54, 1.807) is 0 Å². The molecule has 4 heteroatoms. The van der Waals surface area contributed by atoms with Gasteiger partial charge in [-0.3, -0.25) is 5.84 Å². The molecule has 0 radical (unpaired) electrons. The topological polar surface area (TPSA) is 55.9 Å². The third kappa shape index (κ3) is 2.69. The first-order valence-electron chi connectivity index (χ1n) is 6.69. The van der Waals surface area contributed by atoms with Gasteiger partial charge in [0.25, 0.3) is 0 Å². The van der Waals surface area contributed by atoms with Gasteiger partial charge in [-0.15, -0.1) is 0 Å². The lowest BCUT2D eigenvalue weighted by Crippen LogP contribution is -2.37. The molecule has 0 bridgehead atoms. The predicted octanol–water partition coefficient (Wildman–Crippen LogP) is 2.14. The molecular formula is C13H24N4. The molecule has 0 aromatic carbocycles. The Balaban J connectivity index is 2.10. The molecular weight excluding hydrogens is 212 g/mol. The third-order valence-corrected chi connectivity index (χ3v) is 4.19. The third-order valence-electron chi connectivity index (χ3n) is 4.19. The zero-order chi connectivity index (χ0) is 12.3. The van der Waals surface area contributed by atoms with Crippen LogP contribution in [0, 0.1) is 11.8 Å². The molecule has 1 aliphatic rings. The van der Waals surface area contributed by atoms with Crippen LogP contribution in [0.1, 0.15) is 50.9 Å². The first-order chi connectivity index (χ1) is 8.26. The number of nitrogens with two attached hydrogens (primary N) is 1. The summed E-state index contributed by atoms with van der Waals surface area (Å²) in [4.78, 5) is 4.43. The summed E-state index contributed by atoms with van der Waals surface area (Å²) in [6.45, 7) is 2.29. The highest BCUT2D eigenvalue weighted by Crippen LogP contribution is 2.37. The summed E-state index contributed by atoms with van der Waals surface area (Å²) in [5.74, 6) is 8.30. The van der Waals surface area contributed by atoms with E-state index in [9.17, 15) is 0 Å². The van der Waals surface area contributed by atoms with Crippen LogP contribution in [0.15, 0.2) is 12.4 Å². The molecule has 3 atom stereocenters. The van der Waals surface area contributed by atoms with E-state index in [2.05, 4.69) is 21.9 Å². The highest BCUT2D eigenvalue weighted by molar-refractivity contribution is 5.01. The van der Waals surface area contributed by atoms with E-state index in [1.165, 1.54) is 32.1 Å². The van der Waals surface area contributed by atoms with Gasteiger partial charge in [-0.2, -0.15) is 0 Å². The first kappa shape index (κ1) is 12.6. The molecule has 1 aliphatic carbocycles. The minimum absolute atomic E-state index is 0.198. The molecule has 2 rings (SSSR count). The summed E-state index contributed by atoms with van der Waals surface area (Å²) in [5.41, 5.74) is 2.98. The van der Waals surface area contributed by atoms with E-state index < -0.39 is 0 Å². The minimum Gasteiger partial charge on any atom is -0.337 e. The Morgan fingerprint density at radius 2 is 2.41 bits per heavy atom. The molecule has 1 heterocycles. The summed E-state index contributed by atoms with van der Waals surface area (Å²) in [6, 6.07) is 0.198. The van der Waals surface area contributed by atoms with Gasteiger partial charge in [0, 0.05) is 19.4 Å². The Bertz CT molecular complexity index is 347. The number of aromatic nitrogens is 2. The quantitative estimate of drug-likeness (QED) is 0.622. The predicted molar refractivity (Wildman–Crippen MR) is 69.0 cm³/mol. The SMILES string of the molecule is CCC1CCCC(C(NN)c2nccn2C)C1. The van der Waals surface area contributed by atoms with Gasteiger partial charge in [0.15, 0.2) is 0 Å². The fraction of sp³-hybridized carbons (Fsp3) is 0.769. The number of imidazole rings is 1. The molecule has 0 saturated heterocycles. The Labute approximate surface area is 104 Å². The number of rotatable bonds is 4. The zero-order valence-corrected chi connectivity index (χ0v) is 10.9. The van der Waals surface area contributed by atoms with Crippen molar-refractivity contribution in [3.05, 3.63) is 18.2 Å². The van der Waals surface area contributed by atoms with Gasteiger partial charge in [-0.1, -0.05) is 26.2 Å². The molecule has 1 aromatic heterocycles. The van der Waals surface area contributed by atoms with Gasteiger partial charge in [0.1, 0.15) is 5.82 Å². The number of nitrogens with one attached hydrogen (secondary N) is 1. The van der Waals surface area contributed by atoms with Crippen LogP contribution in [-0.2, 0) is 7.05 Å². The molecule has 1 fully saturated rings. The van der Waals surface area contributed by atoms with Gasteiger partial charge >= 0.3 is 0 Å². The van der Waals surface area contributed by atoms with Crippen LogP contribution in [0.2, 0.25) is 0 Å². The summed E-state index contributed by atoms with van der Waals surface area (Å²) in [5, 5.41) is 0. The van der Waals surface area contributed by atoms with Crippen LogP contribution in [0.25, 0.3) is 0 Å². The summed E-state index contributed by atoms with van der Waals surface area (Å²) in [6.07, 6.45) is 10.4. The Morgan fingerprint density at radius 3 is 3.00 bits per heavy atom. The van der Waals surface area contributed by atoms with Crippen molar-refractivity contribution in [2.45, 2.75) is 45.1 Å². The van der Waals surface area contributed by atoms with Crippen LogP contribution in [0.4, 0.5) is 0 Å². The van der Waals surface area contributed by atoms with E-state index >= 15 is 0 Å².